The van der Waals surface area contributed by atoms with Crippen LogP contribution in [-0.2, 0) is 10.5 Å². The van der Waals surface area contributed by atoms with Crippen LogP contribution < -0.4 is 10.6 Å². The average molecular weight is 344 g/mol. The van der Waals surface area contributed by atoms with Crippen molar-refractivity contribution in [2.24, 2.45) is 0 Å². The van der Waals surface area contributed by atoms with Crippen LogP contribution in [0, 0.1) is 6.92 Å². The molecule has 1 saturated heterocycles. The van der Waals surface area contributed by atoms with Crippen molar-refractivity contribution >= 4 is 30.1 Å². The van der Waals surface area contributed by atoms with Crippen molar-refractivity contribution in [1.82, 2.24) is 15.5 Å². The Morgan fingerprint density at radius 1 is 1.36 bits per heavy atom. The highest BCUT2D eigenvalue weighted by molar-refractivity contribution is 7.99. The molecule has 1 aliphatic heterocycles. The van der Waals surface area contributed by atoms with E-state index in [1.165, 1.54) is 11.1 Å². The second-order valence-electron chi connectivity index (χ2n) is 5.42. The van der Waals surface area contributed by atoms with E-state index in [-0.39, 0.29) is 18.3 Å². The van der Waals surface area contributed by atoms with Gasteiger partial charge in [-0.2, -0.15) is 0 Å². The van der Waals surface area contributed by atoms with Crippen LogP contribution in [0.5, 0.6) is 0 Å². The van der Waals surface area contributed by atoms with E-state index in [1.54, 1.807) is 11.8 Å². The quantitative estimate of drug-likeness (QED) is 0.790. The number of hydrogen-bond acceptors (Lipinski definition) is 4. The minimum atomic E-state index is 0. The molecule has 22 heavy (non-hydrogen) atoms. The third-order valence-corrected chi connectivity index (χ3v) is 4.55. The highest BCUT2D eigenvalue weighted by Crippen LogP contribution is 2.13. The molecule has 0 bridgehead atoms. The Morgan fingerprint density at radius 3 is 2.86 bits per heavy atom. The Bertz CT molecular complexity index is 453. The molecule has 0 atom stereocenters. The van der Waals surface area contributed by atoms with Crippen molar-refractivity contribution in [2.45, 2.75) is 12.7 Å². The summed E-state index contributed by atoms with van der Waals surface area (Å²) in [6, 6.07) is 8.45. The van der Waals surface area contributed by atoms with E-state index >= 15 is 0 Å². The molecule has 0 spiro atoms. The molecule has 1 heterocycles. The van der Waals surface area contributed by atoms with Crippen molar-refractivity contribution in [3.8, 4) is 0 Å². The molecule has 1 aromatic rings. The van der Waals surface area contributed by atoms with E-state index < -0.39 is 0 Å². The molecular weight excluding hydrogens is 318 g/mol. The van der Waals surface area contributed by atoms with Crippen molar-refractivity contribution in [3.05, 3.63) is 35.4 Å². The number of carbonyl (C=O) groups excluding carboxylic acids is 1. The van der Waals surface area contributed by atoms with Crippen molar-refractivity contribution in [3.63, 3.8) is 0 Å². The fourth-order valence-corrected chi connectivity index (χ4v) is 3.21. The molecule has 4 nitrogen and oxygen atoms in total. The maximum Gasteiger partial charge on any atom is 0.230 e. The van der Waals surface area contributed by atoms with Crippen LogP contribution in [0.3, 0.4) is 0 Å². The summed E-state index contributed by atoms with van der Waals surface area (Å²) >= 11 is 1.67. The largest absolute Gasteiger partial charge is 0.354 e. The zero-order chi connectivity index (χ0) is 14.9. The Morgan fingerprint density at radius 2 is 2.14 bits per heavy atom. The van der Waals surface area contributed by atoms with Gasteiger partial charge >= 0.3 is 0 Å². The number of hydrogen-bond donors (Lipinski definition) is 2. The van der Waals surface area contributed by atoms with E-state index in [0.717, 1.165) is 45.0 Å². The van der Waals surface area contributed by atoms with Gasteiger partial charge in [-0.1, -0.05) is 29.8 Å². The van der Waals surface area contributed by atoms with Gasteiger partial charge in [0.25, 0.3) is 0 Å². The highest BCUT2D eigenvalue weighted by atomic mass is 35.5. The summed E-state index contributed by atoms with van der Waals surface area (Å²) in [4.78, 5) is 14.2. The predicted molar refractivity (Wildman–Crippen MR) is 96.9 cm³/mol. The number of aryl methyl sites for hydroxylation is 1. The monoisotopic (exact) mass is 343 g/mol. The van der Waals surface area contributed by atoms with Gasteiger partial charge in [-0.25, -0.2) is 0 Å². The molecule has 6 heteroatoms. The lowest BCUT2D eigenvalue weighted by Crippen LogP contribution is -2.46. The molecule has 1 fully saturated rings. The van der Waals surface area contributed by atoms with Gasteiger partial charge in [0.15, 0.2) is 0 Å². The molecule has 1 aromatic carbocycles. The van der Waals surface area contributed by atoms with Crippen molar-refractivity contribution in [1.29, 1.82) is 0 Å². The molecule has 1 aliphatic rings. The standard InChI is InChI=1S/C16H25N3OS.ClH/c1-14-3-2-4-15(11-14)12-21-13-16(20)18-7-10-19-8-5-17-6-9-19;/h2-4,11,17H,5-10,12-13H2,1H3,(H,18,20);1H. The molecule has 2 rings (SSSR count). The van der Waals surface area contributed by atoms with Crippen LogP contribution in [0.4, 0.5) is 0 Å². The zero-order valence-corrected chi connectivity index (χ0v) is 14.8. The Kier molecular flexibility index (Phi) is 9.55. The maximum absolute atomic E-state index is 11.8. The van der Waals surface area contributed by atoms with Crippen LogP contribution in [-0.4, -0.2) is 55.8 Å². The summed E-state index contributed by atoms with van der Waals surface area (Å²) in [6.07, 6.45) is 0. The minimum absolute atomic E-state index is 0. The number of rotatable bonds is 7. The molecule has 0 aliphatic carbocycles. The molecule has 124 valence electrons. The van der Waals surface area contributed by atoms with Crippen LogP contribution in [0.2, 0.25) is 0 Å². The smallest absolute Gasteiger partial charge is 0.230 e. The third-order valence-electron chi connectivity index (χ3n) is 3.54. The van der Waals surface area contributed by atoms with Crippen LogP contribution in [0.25, 0.3) is 0 Å². The van der Waals surface area contributed by atoms with Gasteiger partial charge in [0.05, 0.1) is 5.75 Å². The fraction of sp³-hybridized carbons (Fsp3) is 0.562. The van der Waals surface area contributed by atoms with Gasteiger partial charge in [-0.05, 0) is 12.5 Å². The SMILES string of the molecule is Cc1cccc(CSCC(=O)NCCN2CCNCC2)c1.Cl. The summed E-state index contributed by atoms with van der Waals surface area (Å²) in [5.41, 5.74) is 2.56. The lowest BCUT2D eigenvalue weighted by Gasteiger charge is -2.27. The molecule has 2 N–H and O–H groups in total. The van der Waals surface area contributed by atoms with Gasteiger partial charge in [-0.15, -0.1) is 24.2 Å². The van der Waals surface area contributed by atoms with Gasteiger partial charge in [0.1, 0.15) is 0 Å². The Labute approximate surface area is 143 Å². The van der Waals surface area contributed by atoms with E-state index in [4.69, 9.17) is 0 Å². The lowest BCUT2D eigenvalue weighted by atomic mass is 10.2. The normalized spacial score (nSPS) is 15.1. The van der Waals surface area contributed by atoms with E-state index in [2.05, 4.69) is 46.7 Å². The van der Waals surface area contributed by atoms with Crippen LogP contribution in [0.1, 0.15) is 11.1 Å². The Hall–Kier alpha value is -0.750. The third kappa shape index (κ3) is 7.49. The molecular formula is C16H26ClN3OS. The summed E-state index contributed by atoms with van der Waals surface area (Å²) in [5, 5.41) is 6.33. The first-order chi connectivity index (χ1) is 10.2. The maximum atomic E-state index is 11.8. The van der Waals surface area contributed by atoms with Gasteiger partial charge < -0.3 is 10.6 Å². The number of thioether (sulfide) groups is 1. The number of piperazine rings is 1. The molecule has 0 radical (unpaired) electrons. The predicted octanol–water partition coefficient (Wildman–Crippen LogP) is 1.67. The van der Waals surface area contributed by atoms with E-state index in [1.807, 2.05) is 0 Å². The van der Waals surface area contributed by atoms with Gasteiger partial charge in [-0.3, -0.25) is 9.69 Å². The number of halogens is 1. The number of nitrogens with one attached hydrogen (secondary N) is 2. The van der Waals surface area contributed by atoms with Crippen LogP contribution in [0.15, 0.2) is 24.3 Å². The van der Waals surface area contributed by atoms with Gasteiger partial charge in [0.2, 0.25) is 5.91 Å². The first-order valence-electron chi connectivity index (χ1n) is 7.57. The summed E-state index contributed by atoms with van der Waals surface area (Å²) in [7, 11) is 0. The zero-order valence-electron chi connectivity index (χ0n) is 13.1. The second-order valence-corrected chi connectivity index (χ2v) is 6.41. The van der Waals surface area contributed by atoms with Crippen molar-refractivity contribution < 1.29 is 4.79 Å². The highest BCUT2D eigenvalue weighted by Gasteiger charge is 2.09. The van der Waals surface area contributed by atoms with E-state index in [0.29, 0.717) is 5.75 Å². The minimum Gasteiger partial charge on any atom is -0.354 e. The fourth-order valence-electron chi connectivity index (χ4n) is 2.40. The number of amides is 1. The number of nitrogens with zero attached hydrogens (tertiary/aromatic N) is 1. The Balaban J connectivity index is 0.00000242. The average Bonchev–Trinajstić information content (AvgIpc) is 2.48. The topological polar surface area (TPSA) is 44.4 Å². The molecule has 1 amide bonds. The number of carbonyl (C=O) groups is 1. The van der Waals surface area contributed by atoms with Gasteiger partial charge in [0, 0.05) is 45.0 Å². The summed E-state index contributed by atoms with van der Waals surface area (Å²) in [5.74, 6) is 1.57. The second kappa shape index (κ2) is 10.9. The summed E-state index contributed by atoms with van der Waals surface area (Å²) in [6.45, 7) is 8.08. The van der Waals surface area contributed by atoms with Crippen LogP contribution >= 0.6 is 24.2 Å². The molecule has 0 saturated carbocycles. The lowest BCUT2D eigenvalue weighted by molar-refractivity contribution is -0.118. The first kappa shape index (κ1) is 19.3. The summed E-state index contributed by atoms with van der Waals surface area (Å²) < 4.78 is 0. The molecule has 0 aromatic heterocycles. The first-order valence-corrected chi connectivity index (χ1v) is 8.72. The number of benzene rings is 1. The van der Waals surface area contributed by atoms with E-state index in [9.17, 15) is 4.79 Å². The van der Waals surface area contributed by atoms with Crippen molar-refractivity contribution in [2.75, 3.05) is 45.0 Å². The molecule has 0 unspecified atom stereocenters.